The van der Waals surface area contributed by atoms with Gasteiger partial charge in [-0.05, 0) is 36.4 Å². The van der Waals surface area contributed by atoms with Gasteiger partial charge in [-0.3, -0.25) is 4.98 Å². The molecule has 0 amide bonds. The van der Waals surface area contributed by atoms with E-state index in [0.29, 0.717) is 12.3 Å². The minimum Gasteiger partial charge on any atom is -0.507 e. The molecule has 2 N–H and O–H groups in total. The molecule has 1 heterocycles. The second-order valence-corrected chi connectivity index (χ2v) is 4.72. The van der Waals surface area contributed by atoms with Gasteiger partial charge in [-0.2, -0.15) is 0 Å². The number of rotatable bonds is 4. The van der Waals surface area contributed by atoms with Crippen LogP contribution in [0, 0.1) is 0 Å². The third-order valence-electron chi connectivity index (χ3n) is 3.41. The SMILES string of the molecule is COc1ccc(CNc2cccc3ncccc23)c(O)c1. The Kier molecular flexibility index (Phi) is 3.60. The number of fused-ring (bicyclic) bond motifs is 1. The quantitative estimate of drug-likeness (QED) is 0.767. The van der Waals surface area contributed by atoms with Crippen molar-refractivity contribution < 1.29 is 9.84 Å². The number of phenols is 1. The average molecular weight is 280 g/mol. The molecule has 0 aliphatic heterocycles. The van der Waals surface area contributed by atoms with E-state index in [4.69, 9.17) is 4.74 Å². The number of anilines is 1. The first-order valence-corrected chi connectivity index (χ1v) is 6.71. The highest BCUT2D eigenvalue weighted by atomic mass is 16.5. The summed E-state index contributed by atoms with van der Waals surface area (Å²) >= 11 is 0. The summed E-state index contributed by atoms with van der Waals surface area (Å²) in [6.45, 7) is 0.532. The Bertz CT molecular complexity index is 766. The molecule has 1 aromatic heterocycles. The van der Waals surface area contributed by atoms with E-state index in [1.165, 1.54) is 0 Å². The summed E-state index contributed by atoms with van der Waals surface area (Å²) in [5.41, 5.74) is 2.76. The molecule has 0 fully saturated rings. The lowest BCUT2D eigenvalue weighted by Crippen LogP contribution is -2.00. The van der Waals surface area contributed by atoms with Gasteiger partial charge in [0.1, 0.15) is 11.5 Å². The maximum absolute atomic E-state index is 9.98. The second-order valence-electron chi connectivity index (χ2n) is 4.72. The predicted molar refractivity (Wildman–Crippen MR) is 83.7 cm³/mol. The minimum absolute atomic E-state index is 0.222. The summed E-state index contributed by atoms with van der Waals surface area (Å²) in [4.78, 5) is 4.33. The summed E-state index contributed by atoms with van der Waals surface area (Å²) in [5, 5.41) is 14.4. The molecule has 0 radical (unpaired) electrons. The molecule has 0 saturated carbocycles. The third-order valence-corrected chi connectivity index (χ3v) is 3.41. The minimum atomic E-state index is 0.222. The highest BCUT2D eigenvalue weighted by Crippen LogP contribution is 2.26. The van der Waals surface area contributed by atoms with Crippen molar-refractivity contribution in [1.82, 2.24) is 4.98 Å². The molecule has 2 aromatic carbocycles. The van der Waals surface area contributed by atoms with E-state index in [1.54, 1.807) is 19.4 Å². The lowest BCUT2D eigenvalue weighted by Gasteiger charge is -2.11. The molecule has 106 valence electrons. The van der Waals surface area contributed by atoms with Crippen LogP contribution in [0.5, 0.6) is 11.5 Å². The first kappa shape index (κ1) is 13.2. The zero-order chi connectivity index (χ0) is 14.7. The van der Waals surface area contributed by atoms with E-state index in [0.717, 1.165) is 22.2 Å². The Balaban J connectivity index is 1.84. The molecule has 3 rings (SSSR count). The molecule has 0 aliphatic rings. The van der Waals surface area contributed by atoms with E-state index in [2.05, 4.69) is 10.3 Å². The number of hydrogen-bond acceptors (Lipinski definition) is 4. The van der Waals surface area contributed by atoms with Crippen LogP contribution in [0.15, 0.2) is 54.7 Å². The highest BCUT2D eigenvalue weighted by molar-refractivity contribution is 5.91. The number of nitrogens with zero attached hydrogens (tertiary/aromatic N) is 1. The number of methoxy groups -OCH3 is 1. The van der Waals surface area contributed by atoms with Gasteiger partial charge in [0.05, 0.1) is 12.6 Å². The number of nitrogens with one attached hydrogen (secondary N) is 1. The van der Waals surface area contributed by atoms with Crippen molar-refractivity contribution in [3.8, 4) is 11.5 Å². The molecule has 21 heavy (non-hydrogen) atoms. The van der Waals surface area contributed by atoms with E-state index in [-0.39, 0.29) is 5.75 Å². The molecular formula is C17H16N2O2. The van der Waals surface area contributed by atoms with Crippen LogP contribution in [0.1, 0.15) is 5.56 Å². The Labute approximate surface area is 123 Å². The van der Waals surface area contributed by atoms with E-state index in [1.807, 2.05) is 42.5 Å². The topological polar surface area (TPSA) is 54.4 Å². The largest absolute Gasteiger partial charge is 0.507 e. The fourth-order valence-electron chi connectivity index (χ4n) is 2.27. The molecule has 4 nitrogen and oxygen atoms in total. The van der Waals surface area contributed by atoms with Crippen LogP contribution in [0.4, 0.5) is 5.69 Å². The van der Waals surface area contributed by atoms with Crippen molar-refractivity contribution in [3.63, 3.8) is 0 Å². The fourth-order valence-corrected chi connectivity index (χ4v) is 2.27. The van der Waals surface area contributed by atoms with Gasteiger partial charge in [-0.25, -0.2) is 0 Å². The van der Waals surface area contributed by atoms with Crippen molar-refractivity contribution in [2.75, 3.05) is 12.4 Å². The summed E-state index contributed by atoms with van der Waals surface area (Å²) < 4.78 is 5.08. The summed E-state index contributed by atoms with van der Waals surface area (Å²) in [6, 6.07) is 15.2. The number of ether oxygens (including phenoxy) is 1. The first-order valence-electron chi connectivity index (χ1n) is 6.71. The fraction of sp³-hybridized carbons (Fsp3) is 0.118. The third kappa shape index (κ3) is 2.74. The van der Waals surface area contributed by atoms with E-state index >= 15 is 0 Å². The van der Waals surface area contributed by atoms with Crippen LogP contribution < -0.4 is 10.1 Å². The molecule has 0 bridgehead atoms. The molecule has 0 unspecified atom stereocenters. The first-order chi connectivity index (χ1) is 10.3. The molecule has 0 aliphatic carbocycles. The van der Waals surface area contributed by atoms with Crippen LogP contribution in [0.25, 0.3) is 10.9 Å². The van der Waals surface area contributed by atoms with Crippen LogP contribution >= 0.6 is 0 Å². The molecule has 0 saturated heterocycles. The molecule has 0 spiro atoms. The van der Waals surface area contributed by atoms with E-state index < -0.39 is 0 Å². The normalized spacial score (nSPS) is 10.5. The van der Waals surface area contributed by atoms with Gasteiger partial charge in [-0.1, -0.05) is 6.07 Å². The van der Waals surface area contributed by atoms with Crippen molar-refractivity contribution in [1.29, 1.82) is 0 Å². The van der Waals surface area contributed by atoms with Crippen molar-refractivity contribution in [3.05, 3.63) is 60.3 Å². The number of pyridine rings is 1. The average Bonchev–Trinajstić information content (AvgIpc) is 2.53. The van der Waals surface area contributed by atoms with Crippen molar-refractivity contribution in [2.45, 2.75) is 6.54 Å². The van der Waals surface area contributed by atoms with Gasteiger partial charge in [0.15, 0.2) is 0 Å². The Hall–Kier alpha value is -2.75. The smallest absolute Gasteiger partial charge is 0.124 e. The molecule has 0 atom stereocenters. The summed E-state index contributed by atoms with van der Waals surface area (Å²) in [5.74, 6) is 0.867. The van der Waals surface area contributed by atoms with Gasteiger partial charge in [-0.15, -0.1) is 0 Å². The number of benzene rings is 2. The van der Waals surface area contributed by atoms with Gasteiger partial charge >= 0.3 is 0 Å². The standard InChI is InChI=1S/C17H16N2O2/c1-21-13-8-7-12(17(20)10-13)11-19-16-6-2-5-15-14(16)4-3-9-18-15/h2-10,19-20H,11H2,1H3. The van der Waals surface area contributed by atoms with Gasteiger partial charge in [0.2, 0.25) is 0 Å². The summed E-state index contributed by atoms with van der Waals surface area (Å²) in [6.07, 6.45) is 1.78. The number of phenolic OH excluding ortho intramolecular Hbond substituents is 1. The maximum Gasteiger partial charge on any atom is 0.124 e. The van der Waals surface area contributed by atoms with Crippen LogP contribution in [-0.4, -0.2) is 17.2 Å². The predicted octanol–water partition coefficient (Wildman–Crippen LogP) is 3.56. The Morgan fingerprint density at radius 2 is 2.05 bits per heavy atom. The number of aromatic nitrogens is 1. The zero-order valence-corrected chi connectivity index (χ0v) is 11.7. The van der Waals surface area contributed by atoms with Gasteiger partial charge in [0.25, 0.3) is 0 Å². The summed E-state index contributed by atoms with van der Waals surface area (Å²) in [7, 11) is 1.58. The van der Waals surface area contributed by atoms with Gasteiger partial charge < -0.3 is 15.2 Å². The van der Waals surface area contributed by atoms with Crippen molar-refractivity contribution >= 4 is 16.6 Å². The molecular weight excluding hydrogens is 264 g/mol. The lowest BCUT2D eigenvalue weighted by atomic mass is 10.1. The maximum atomic E-state index is 9.98. The lowest BCUT2D eigenvalue weighted by molar-refractivity contribution is 0.406. The second kappa shape index (κ2) is 5.71. The molecule has 3 aromatic rings. The van der Waals surface area contributed by atoms with Crippen LogP contribution in [0.3, 0.4) is 0 Å². The van der Waals surface area contributed by atoms with E-state index in [9.17, 15) is 5.11 Å². The van der Waals surface area contributed by atoms with Crippen LogP contribution in [-0.2, 0) is 6.54 Å². The Morgan fingerprint density at radius 3 is 2.86 bits per heavy atom. The molecule has 4 heteroatoms. The Morgan fingerprint density at radius 1 is 1.14 bits per heavy atom. The number of hydrogen-bond donors (Lipinski definition) is 2. The van der Waals surface area contributed by atoms with Gasteiger partial charge in [0, 0.05) is 35.4 Å². The highest BCUT2D eigenvalue weighted by Gasteiger charge is 2.05. The monoisotopic (exact) mass is 280 g/mol. The van der Waals surface area contributed by atoms with Crippen LogP contribution in [0.2, 0.25) is 0 Å². The zero-order valence-electron chi connectivity index (χ0n) is 11.7. The van der Waals surface area contributed by atoms with Crippen molar-refractivity contribution in [2.24, 2.45) is 0 Å². The number of aromatic hydroxyl groups is 1.